The van der Waals surface area contributed by atoms with Crippen LogP contribution in [-0.2, 0) is 9.63 Å². The summed E-state index contributed by atoms with van der Waals surface area (Å²) in [6.07, 6.45) is 1.20. The maximum atomic E-state index is 12.3. The van der Waals surface area contributed by atoms with Gasteiger partial charge in [-0.3, -0.25) is 4.79 Å². The number of oxime groups is 1. The Bertz CT molecular complexity index is 709. The maximum absolute atomic E-state index is 12.3. The van der Waals surface area contributed by atoms with Crippen molar-refractivity contribution >= 4 is 33.7 Å². The van der Waals surface area contributed by atoms with Gasteiger partial charge in [0.05, 0.1) is 6.21 Å². The van der Waals surface area contributed by atoms with Gasteiger partial charge < -0.3 is 14.9 Å². The summed E-state index contributed by atoms with van der Waals surface area (Å²) in [5.74, 6) is -0.425. The van der Waals surface area contributed by atoms with Crippen LogP contribution in [0.15, 0.2) is 58.2 Å². The first-order valence-electron chi connectivity index (χ1n) is 6.79. The minimum absolute atomic E-state index is 0.0286. The number of nitrogens with one attached hydrogen (secondary N) is 1. The van der Waals surface area contributed by atoms with Crippen molar-refractivity contribution in [2.45, 2.75) is 6.61 Å². The van der Waals surface area contributed by atoms with Gasteiger partial charge in [0, 0.05) is 15.7 Å². The van der Waals surface area contributed by atoms with Crippen LogP contribution in [-0.4, -0.2) is 25.3 Å². The van der Waals surface area contributed by atoms with E-state index in [1.54, 1.807) is 36.4 Å². The van der Waals surface area contributed by atoms with Gasteiger partial charge in [0.15, 0.2) is 6.61 Å². The highest BCUT2D eigenvalue weighted by molar-refractivity contribution is 9.10. The Balaban J connectivity index is 1.84. The molecule has 126 valence electrons. The average Bonchev–Trinajstić information content (AvgIpc) is 2.55. The lowest BCUT2D eigenvalue weighted by Gasteiger charge is -2.07. The summed E-state index contributed by atoms with van der Waals surface area (Å²) >= 11 is 3.29. The molecule has 0 bridgehead atoms. The number of hydrogen-bond acceptors (Lipinski definition) is 4. The van der Waals surface area contributed by atoms with Crippen molar-refractivity contribution in [3.63, 3.8) is 0 Å². The maximum Gasteiger partial charge on any atom is 0.387 e. The van der Waals surface area contributed by atoms with Crippen molar-refractivity contribution in [2.75, 3.05) is 11.9 Å². The van der Waals surface area contributed by atoms with Crippen LogP contribution in [0.5, 0.6) is 5.75 Å². The molecule has 2 aromatic carbocycles. The second-order valence-corrected chi connectivity index (χ2v) is 5.40. The lowest BCUT2D eigenvalue weighted by molar-refractivity contribution is -0.120. The second-order valence-electron chi connectivity index (χ2n) is 4.48. The molecule has 0 aliphatic rings. The molecule has 0 unspecified atom stereocenters. The highest BCUT2D eigenvalue weighted by Gasteiger charge is 2.07. The van der Waals surface area contributed by atoms with Crippen LogP contribution < -0.4 is 10.1 Å². The Morgan fingerprint density at radius 2 is 1.92 bits per heavy atom. The van der Waals surface area contributed by atoms with E-state index in [0.717, 1.165) is 4.47 Å². The Morgan fingerprint density at radius 1 is 1.21 bits per heavy atom. The lowest BCUT2D eigenvalue weighted by Crippen LogP contribution is -2.16. The summed E-state index contributed by atoms with van der Waals surface area (Å²) in [5.41, 5.74) is 0.928. The molecule has 8 heteroatoms. The molecule has 0 spiro atoms. The summed E-state index contributed by atoms with van der Waals surface area (Å²) in [5, 5.41) is 6.21. The molecule has 0 saturated carbocycles. The summed E-state index contributed by atoms with van der Waals surface area (Å²) in [4.78, 5) is 16.5. The van der Waals surface area contributed by atoms with Crippen LogP contribution in [0.25, 0.3) is 0 Å². The van der Waals surface area contributed by atoms with Crippen molar-refractivity contribution in [1.29, 1.82) is 0 Å². The van der Waals surface area contributed by atoms with Gasteiger partial charge in [-0.15, -0.1) is 0 Å². The first kappa shape index (κ1) is 17.9. The predicted octanol–water partition coefficient (Wildman–Crippen LogP) is 4.04. The van der Waals surface area contributed by atoms with Crippen LogP contribution in [0.4, 0.5) is 14.5 Å². The van der Waals surface area contributed by atoms with E-state index >= 15 is 0 Å². The van der Waals surface area contributed by atoms with Crippen LogP contribution in [0.1, 0.15) is 5.56 Å². The number of rotatable bonds is 7. The smallest absolute Gasteiger partial charge is 0.387 e. The SMILES string of the molecule is O=C(CO/N=C\c1ccccc1OC(F)F)Nc1ccc(Br)cc1. The number of carbonyl (C=O) groups excluding carboxylic acids is 1. The Hall–Kier alpha value is -2.48. The molecule has 0 aromatic heterocycles. The first-order valence-corrected chi connectivity index (χ1v) is 7.58. The highest BCUT2D eigenvalue weighted by Crippen LogP contribution is 2.18. The molecular formula is C16H13BrF2N2O3. The number of alkyl halides is 2. The summed E-state index contributed by atoms with van der Waals surface area (Å²) in [7, 11) is 0. The number of carbonyl (C=O) groups is 1. The van der Waals surface area contributed by atoms with Gasteiger partial charge in [-0.05, 0) is 36.4 Å². The molecule has 0 aliphatic carbocycles. The molecule has 24 heavy (non-hydrogen) atoms. The van der Waals surface area contributed by atoms with Gasteiger partial charge in [0.2, 0.25) is 0 Å². The Labute approximate surface area is 145 Å². The Morgan fingerprint density at radius 3 is 2.62 bits per heavy atom. The second kappa shape index (κ2) is 8.97. The van der Waals surface area contributed by atoms with Crippen molar-refractivity contribution in [2.24, 2.45) is 5.16 Å². The number of para-hydroxylation sites is 1. The zero-order valence-electron chi connectivity index (χ0n) is 12.3. The molecule has 0 radical (unpaired) electrons. The third-order valence-electron chi connectivity index (χ3n) is 2.73. The minimum Gasteiger partial charge on any atom is -0.434 e. The van der Waals surface area contributed by atoms with Gasteiger partial charge in [0.1, 0.15) is 5.75 Å². The summed E-state index contributed by atoms with van der Waals surface area (Å²) < 4.78 is 29.8. The zero-order chi connectivity index (χ0) is 17.4. The van der Waals surface area contributed by atoms with Crippen LogP contribution in [0.3, 0.4) is 0 Å². The van der Waals surface area contributed by atoms with Crippen LogP contribution >= 0.6 is 15.9 Å². The fourth-order valence-corrected chi connectivity index (χ4v) is 1.98. The topological polar surface area (TPSA) is 59.9 Å². The number of anilines is 1. The van der Waals surface area contributed by atoms with Gasteiger partial charge in [-0.2, -0.15) is 8.78 Å². The molecule has 0 heterocycles. The van der Waals surface area contributed by atoms with Crippen molar-refractivity contribution in [3.05, 3.63) is 58.6 Å². The molecule has 0 saturated heterocycles. The third-order valence-corrected chi connectivity index (χ3v) is 3.25. The van der Waals surface area contributed by atoms with Gasteiger partial charge >= 0.3 is 6.61 Å². The molecule has 0 aliphatic heterocycles. The van der Waals surface area contributed by atoms with E-state index in [9.17, 15) is 13.6 Å². The number of hydrogen-bond donors (Lipinski definition) is 1. The third kappa shape index (κ3) is 5.96. The van der Waals surface area contributed by atoms with Crippen LogP contribution in [0.2, 0.25) is 0 Å². The van der Waals surface area contributed by atoms with Gasteiger partial charge in [0.25, 0.3) is 5.91 Å². The van der Waals surface area contributed by atoms with Crippen molar-refractivity contribution in [1.82, 2.24) is 0 Å². The van der Waals surface area contributed by atoms with Gasteiger partial charge in [-0.25, -0.2) is 0 Å². The van der Waals surface area contributed by atoms with E-state index in [0.29, 0.717) is 11.3 Å². The molecular weight excluding hydrogens is 386 g/mol. The lowest BCUT2D eigenvalue weighted by atomic mass is 10.2. The first-order chi connectivity index (χ1) is 11.5. The van der Waals surface area contributed by atoms with E-state index in [4.69, 9.17) is 4.84 Å². The van der Waals surface area contributed by atoms with E-state index < -0.39 is 12.5 Å². The molecule has 0 atom stereocenters. The Kier molecular flexibility index (Phi) is 6.68. The number of ether oxygens (including phenoxy) is 1. The number of amides is 1. The molecule has 2 rings (SSSR count). The van der Waals surface area contributed by atoms with E-state index in [1.165, 1.54) is 18.3 Å². The molecule has 5 nitrogen and oxygen atoms in total. The highest BCUT2D eigenvalue weighted by atomic mass is 79.9. The number of benzene rings is 2. The van der Waals surface area contributed by atoms with Crippen molar-refractivity contribution < 1.29 is 23.1 Å². The minimum atomic E-state index is -2.93. The number of nitrogens with zero attached hydrogens (tertiary/aromatic N) is 1. The normalized spacial score (nSPS) is 10.8. The standard InChI is InChI=1S/C16H13BrF2N2O3/c17-12-5-7-13(8-6-12)21-15(22)10-23-20-9-11-3-1-2-4-14(11)24-16(18)19/h1-9,16H,10H2,(H,21,22)/b20-9-. The summed E-state index contributed by atoms with van der Waals surface area (Å²) in [6.45, 7) is -3.25. The van der Waals surface area contributed by atoms with E-state index in [1.807, 2.05) is 0 Å². The van der Waals surface area contributed by atoms with E-state index in [-0.39, 0.29) is 12.4 Å². The van der Waals surface area contributed by atoms with E-state index in [2.05, 4.69) is 31.1 Å². The largest absolute Gasteiger partial charge is 0.434 e. The molecule has 0 fully saturated rings. The molecule has 1 N–H and O–H groups in total. The summed E-state index contributed by atoms with van der Waals surface area (Å²) in [6, 6.07) is 13.1. The van der Waals surface area contributed by atoms with Crippen molar-refractivity contribution in [3.8, 4) is 5.75 Å². The van der Waals surface area contributed by atoms with Crippen LogP contribution in [0, 0.1) is 0 Å². The molecule has 1 amide bonds. The number of halogens is 3. The quantitative estimate of drug-likeness (QED) is 0.565. The monoisotopic (exact) mass is 398 g/mol. The molecule has 2 aromatic rings. The zero-order valence-corrected chi connectivity index (χ0v) is 13.9. The van der Waals surface area contributed by atoms with Gasteiger partial charge in [-0.1, -0.05) is 33.2 Å². The fraction of sp³-hybridized carbons (Fsp3) is 0.125. The predicted molar refractivity (Wildman–Crippen MR) is 89.4 cm³/mol. The average molecular weight is 399 g/mol. The fourth-order valence-electron chi connectivity index (χ4n) is 1.71.